The SMILES string of the molecule is CC(=O)Nc1ccc(S(=O)(=O)NC2CON(C(c3ccccc3)(c3ccccc3)c3ccccc3)C2=O)cc1. The number of benzene rings is 4. The number of hydroxylamine groups is 2. The summed E-state index contributed by atoms with van der Waals surface area (Å²) in [6.07, 6.45) is 0. The summed E-state index contributed by atoms with van der Waals surface area (Å²) < 4.78 is 28.9. The highest BCUT2D eigenvalue weighted by Crippen LogP contribution is 2.44. The van der Waals surface area contributed by atoms with Crippen LogP contribution in [0.4, 0.5) is 5.69 Å². The smallest absolute Gasteiger partial charge is 0.268 e. The monoisotopic (exact) mass is 541 g/mol. The molecule has 4 aromatic carbocycles. The number of sulfonamides is 1. The van der Waals surface area contributed by atoms with E-state index in [2.05, 4.69) is 10.0 Å². The Morgan fingerprint density at radius 3 is 1.69 bits per heavy atom. The number of amides is 2. The van der Waals surface area contributed by atoms with E-state index in [1.165, 1.54) is 36.3 Å². The molecule has 1 saturated heterocycles. The van der Waals surface area contributed by atoms with Gasteiger partial charge in [0.05, 0.1) is 4.90 Å². The number of nitrogens with one attached hydrogen (secondary N) is 2. The van der Waals surface area contributed by atoms with E-state index in [0.717, 1.165) is 16.7 Å². The van der Waals surface area contributed by atoms with E-state index in [0.29, 0.717) is 5.69 Å². The van der Waals surface area contributed by atoms with Crippen molar-refractivity contribution in [2.75, 3.05) is 11.9 Å². The van der Waals surface area contributed by atoms with Crippen molar-refractivity contribution in [1.82, 2.24) is 9.79 Å². The van der Waals surface area contributed by atoms with Crippen molar-refractivity contribution < 1.29 is 22.8 Å². The molecular formula is C30H27N3O5S. The molecule has 1 aliphatic heterocycles. The van der Waals surface area contributed by atoms with E-state index in [4.69, 9.17) is 4.84 Å². The molecule has 8 nitrogen and oxygen atoms in total. The first kappa shape index (κ1) is 26.3. The Kier molecular flexibility index (Phi) is 7.30. The third kappa shape index (κ3) is 5.07. The molecule has 0 saturated carbocycles. The van der Waals surface area contributed by atoms with Crippen LogP contribution >= 0.6 is 0 Å². The van der Waals surface area contributed by atoms with Crippen molar-refractivity contribution in [2.45, 2.75) is 23.4 Å². The molecular weight excluding hydrogens is 514 g/mol. The number of rotatable bonds is 8. The second-order valence-corrected chi connectivity index (χ2v) is 10.8. The van der Waals surface area contributed by atoms with E-state index in [9.17, 15) is 18.0 Å². The van der Waals surface area contributed by atoms with Gasteiger partial charge in [-0.05, 0) is 41.0 Å². The molecule has 39 heavy (non-hydrogen) atoms. The molecule has 9 heteroatoms. The summed E-state index contributed by atoms with van der Waals surface area (Å²) in [7, 11) is -4.07. The molecule has 1 unspecified atom stereocenters. The highest BCUT2D eigenvalue weighted by Gasteiger charge is 2.51. The molecule has 5 rings (SSSR count). The van der Waals surface area contributed by atoms with Crippen LogP contribution in [0.1, 0.15) is 23.6 Å². The van der Waals surface area contributed by atoms with Crippen LogP contribution in [-0.2, 0) is 30.0 Å². The fraction of sp³-hybridized carbons (Fsp3) is 0.133. The van der Waals surface area contributed by atoms with E-state index in [-0.39, 0.29) is 17.4 Å². The van der Waals surface area contributed by atoms with Gasteiger partial charge in [0.15, 0.2) is 0 Å². The molecule has 1 aliphatic rings. The maximum atomic E-state index is 14.0. The van der Waals surface area contributed by atoms with E-state index >= 15 is 0 Å². The first-order chi connectivity index (χ1) is 18.8. The first-order valence-electron chi connectivity index (χ1n) is 12.4. The molecule has 0 aliphatic carbocycles. The zero-order valence-electron chi connectivity index (χ0n) is 21.2. The molecule has 0 bridgehead atoms. The van der Waals surface area contributed by atoms with Gasteiger partial charge in [0.25, 0.3) is 5.91 Å². The molecule has 0 aromatic heterocycles. The number of carbonyl (C=O) groups excluding carboxylic acids is 2. The molecule has 0 radical (unpaired) electrons. The minimum atomic E-state index is -4.07. The quantitative estimate of drug-likeness (QED) is 0.328. The minimum Gasteiger partial charge on any atom is -0.326 e. The summed E-state index contributed by atoms with van der Waals surface area (Å²) in [5.74, 6) is -0.791. The molecule has 1 heterocycles. The predicted octanol–water partition coefficient (Wildman–Crippen LogP) is 4.06. The summed E-state index contributed by atoms with van der Waals surface area (Å²) in [5.41, 5.74) is 1.64. The molecule has 4 aromatic rings. The maximum Gasteiger partial charge on any atom is 0.268 e. The van der Waals surface area contributed by atoms with Crippen molar-refractivity contribution in [1.29, 1.82) is 0 Å². The number of hydrogen-bond acceptors (Lipinski definition) is 5. The average Bonchev–Trinajstić information content (AvgIpc) is 3.30. The van der Waals surface area contributed by atoms with Crippen LogP contribution in [0.25, 0.3) is 0 Å². The van der Waals surface area contributed by atoms with Gasteiger partial charge in [-0.1, -0.05) is 91.0 Å². The zero-order valence-corrected chi connectivity index (χ0v) is 22.0. The Balaban J connectivity index is 1.53. The van der Waals surface area contributed by atoms with Crippen LogP contribution in [-0.4, -0.2) is 37.9 Å². The third-order valence-corrected chi connectivity index (χ3v) is 8.02. The summed E-state index contributed by atoms with van der Waals surface area (Å²) >= 11 is 0. The Bertz CT molecular complexity index is 1470. The molecule has 1 atom stereocenters. The largest absolute Gasteiger partial charge is 0.326 e. The standard InChI is InChI=1S/C30H27N3O5S/c1-22(34)31-26-17-19-27(20-18-26)39(36,37)32-28-21-38-33(29(28)35)30(23-11-5-2-6-12-23,24-13-7-3-8-14-24)25-15-9-4-10-16-25/h2-20,28,32H,21H2,1H3,(H,31,34). The highest BCUT2D eigenvalue weighted by molar-refractivity contribution is 7.89. The number of carbonyl (C=O) groups is 2. The molecule has 2 amide bonds. The van der Waals surface area contributed by atoms with Crippen molar-refractivity contribution in [3.8, 4) is 0 Å². The number of nitrogens with zero attached hydrogens (tertiary/aromatic N) is 1. The number of anilines is 1. The lowest BCUT2D eigenvalue weighted by molar-refractivity contribution is -0.183. The fourth-order valence-electron chi connectivity index (χ4n) is 4.84. The van der Waals surface area contributed by atoms with Crippen LogP contribution in [0.5, 0.6) is 0 Å². The van der Waals surface area contributed by atoms with Crippen LogP contribution in [0.3, 0.4) is 0 Å². The second kappa shape index (κ2) is 10.8. The van der Waals surface area contributed by atoms with Crippen LogP contribution < -0.4 is 10.0 Å². The van der Waals surface area contributed by atoms with Gasteiger partial charge in [0.1, 0.15) is 18.2 Å². The minimum absolute atomic E-state index is 0.0386. The Hall–Kier alpha value is -4.31. The van der Waals surface area contributed by atoms with E-state index < -0.39 is 27.5 Å². The Morgan fingerprint density at radius 2 is 1.26 bits per heavy atom. The second-order valence-electron chi connectivity index (χ2n) is 9.12. The fourth-order valence-corrected chi connectivity index (χ4v) is 6.01. The summed E-state index contributed by atoms with van der Waals surface area (Å²) in [4.78, 5) is 31.3. The number of hydrogen-bond donors (Lipinski definition) is 2. The van der Waals surface area contributed by atoms with Crippen LogP contribution in [0.15, 0.2) is 120 Å². The zero-order chi connectivity index (χ0) is 27.5. The van der Waals surface area contributed by atoms with Crippen LogP contribution in [0.2, 0.25) is 0 Å². The molecule has 0 spiro atoms. The van der Waals surface area contributed by atoms with E-state index in [1.807, 2.05) is 91.0 Å². The molecule has 2 N–H and O–H groups in total. The summed E-state index contributed by atoms with van der Waals surface area (Å²) in [6.45, 7) is 1.18. The predicted molar refractivity (Wildman–Crippen MR) is 147 cm³/mol. The van der Waals surface area contributed by atoms with Gasteiger partial charge in [-0.2, -0.15) is 4.72 Å². The lowest BCUT2D eigenvalue weighted by Crippen LogP contribution is -2.51. The molecule has 1 fully saturated rings. The van der Waals surface area contributed by atoms with Gasteiger partial charge < -0.3 is 5.32 Å². The van der Waals surface area contributed by atoms with Crippen molar-refractivity contribution in [3.05, 3.63) is 132 Å². The Morgan fingerprint density at radius 1 is 0.795 bits per heavy atom. The van der Waals surface area contributed by atoms with Crippen molar-refractivity contribution in [2.24, 2.45) is 0 Å². The lowest BCUT2D eigenvalue weighted by Gasteiger charge is -2.41. The molecule has 198 valence electrons. The maximum absolute atomic E-state index is 14.0. The van der Waals surface area contributed by atoms with E-state index in [1.54, 1.807) is 0 Å². The van der Waals surface area contributed by atoms with Gasteiger partial charge in [0, 0.05) is 12.6 Å². The van der Waals surface area contributed by atoms with Crippen molar-refractivity contribution in [3.63, 3.8) is 0 Å². The van der Waals surface area contributed by atoms with Gasteiger partial charge in [0.2, 0.25) is 15.9 Å². The van der Waals surface area contributed by atoms with Gasteiger partial charge in [-0.25, -0.2) is 13.5 Å². The van der Waals surface area contributed by atoms with Crippen LogP contribution in [0, 0.1) is 0 Å². The summed E-state index contributed by atoms with van der Waals surface area (Å²) in [5, 5.41) is 3.89. The van der Waals surface area contributed by atoms with Crippen molar-refractivity contribution >= 4 is 27.5 Å². The first-order valence-corrected chi connectivity index (χ1v) is 13.8. The third-order valence-electron chi connectivity index (χ3n) is 6.53. The normalized spacial score (nSPS) is 15.8. The Labute approximate surface area is 227 Å². The summed E-state index contributed by atoms with van der Waals surface area (Å²) in [6, 6.07) is 33.1. The van der Waals surface area contributed by atoms with Gasteiger partial charge >= 0.3 is 0 Å². The average molecular weight is 542 g/mol. The highest BCUT2D eigenvalue weighted by atomic mass is 32.2. The lowest BCUT2D eigenvalue weighted by atomic mass is 9.76. The topological polar surface area (TPSA) is 105 Å². The van der Waals surface area contributed by atoms with Gasteiger partial charge in [-0.15, -0.1) is 0 Å². The van der Waals surface area contributed by atoms with Gasteiger partial charge in [-0.3, -0.25) is 14.4 Å².